The largest absolute Gasteiger partial charge is 0.373 e. The molecule has 1 rings (SSSR count). The van der Waals surface area contributed by atoms with Crippen molar-refractivity contribution in [3.63, 3.8) is 0 Å². The average Bonchev–Trinajstić information content (AvgIpc) is 2.17. The highest BCUT2D eigenvalue weighted by atomic mass is 16.5. The van der Waals surface area contributed by atoms with Gasteiger partial charge < -0.3 is 9.72 Å². The van der Waals surface area contributed by atoms with Crippen LogP contribution in [-0.4, -0.2) is 17.1 Å². The van der Waals surface area contributed by atoms with Gasteiger partial charge in [0.15, 0.2) is 0 Å². The molecule has 84 valence electrons. The molecule has 0 bridgehead atoms. The number of methoxy groups -OCH3 is 1. The van der Waals surface area contributed by atoms with Gasteiger partial charge in [-0.15, -0.1) is 0 Å². The van der Waals surface area contributed by atoms with Crippen LogP contribution in [0.15, 0.2) is 10.9 Å². The summed E-state index contributed by atoms with van der Waals surface area (Å²) in [5.41, 5.74) is 0.691. The van der Waals surface area contributed by atoms with Crippen molar-refractivity contribution in [1.29, 1.82) is 0 Å². The molecule has 1 aromatic rings. The molecule has 0 fully saturated rings. The minimum absolute atomic E-state index is 0.112. The third-order valence-electron chi connectivity index (χ3n) is 2.30. The van der Waals surface area contributed by atoms with Gasteiger partial charge in [-0.3, -0.25) is 4.79 Å². The van der Waals surface area contributed by atoms with Gasteiger partial charge in [0, 0.05) is 18.9 Å². The summed E-state index contributed by atoms with van der Waals surface area (Å²) in [6.45, 7) is 6.04. The zero-order valence-corrected chi connectivity index (χ0v) is 9.70. The van der Waals surface area contributed by atoms with Crippen molar-refractivity contribution >= 4 is 0 Å². The first-order valence-corrected chi connectivity index (χ1v) is 5.21. The van der Waals surface area contributed by atoms with E-state index in [0.717, 1.165) is 12.1 Å². The molecule has 1 aromatic heterocycles. The van der Waals surface area contributed by atoms with Crippen LogP contribution in [0.25, 0.3) is 0 Å². The number of rotatable bonds is 4. The maximum Gasteiger partial charge on any atom is 0.251 e. The lowest BCUT2D eigenvalue weighted by molar-refractivity contribution is 0.0571. The van der Waals surface area contributed by atoms with Crippen LogP contribution in [-0.2, 0) is 11.2 Å². The number of nitrogens with zero attached hydrogens (tertiary/aromatic N) is 1. The van der Waals surface area contributed by atoms with Gasteiger partial charge in [0.2, 0.25) is 0 Å². The summed E-state index contributed by atoms with van der Waals surface area (Å²) in [4.78, 5) is 18.4. The summed E-state index contributed by atoms with van der Waals surface area (Å²) < 4.78 is 5.32. The predicted octanol–water partition coefficient (Wildman–Crippen LogP) is 1.68. The average molecular weight is 210 g/mol. The van der Waals surface area contributed by atoms with Crippen LogP contribution in [0.4, 0.5) is 0 Å². The monoisotopic (exact) mass is 210 g/mol. The summed E-state index contributed by atoms with van der Waals surface area (Å²) in [6.07, 6.45) is 0.607. The first-order chi connectivity index (χ1) is 7.08. The zero-order valence-electron chi connectivity index (χ0n) is 9.70. The summed E-state index contributed by atoms with van der Waals surface area (Å²) >= 11 is 0. The molecule has 0 radical (unpaired) electrons. The highest BCUT2D eigenvalue weighted by Crippen LogP contribution is 2.20. The van der Waals surface area contributed by atoms with E-state index in [1.165, 1.54) is 6.07 Å². The Kier molecular flexibility index (Phi) is 4.03. The summed E-state index contributed by atoms with van der Waals surface area (Å²) in [5, 5.41) is 0. The van der Waals surface area contributed by atoms with Crippen LogP contribution in [0.3, 0.4) is 0 Å². The van der Waals surface area contributed by atoms with E-state index in [2.05, 4.69) is 9.97 Å². The molecule has 0 amide bonds. The molecule has 0 aliphatic heterocycles. The zero-order chi connectivity index (χ0) is 11.4. The smallest absolute Gasteiger partial charge is 0.251 e. The molecule has 0 saturated carbocycles. The SMILES string of the molecule is CCc1cc(=O)[nH]c(C(OC)C(C)C)n1. The van der Waals surface area contributed by atoms with E-state index >= 15 is 0 Å². The maximum atomic E-state index is 11.4. The Hall–Kier alpha value is -1.16. The van der Waals surface area contributed by atoms with Crippen molar-refractivity contribution < 1.29 is 4.74 Å². The van der Waals surface area contributed by atoms with Gasteiger partial charge in [-0.25, -0.2) is 4.98 Å². The predicted molar refractivity (Wildman–Crippen MR) is 58.8 cm³/mol. The van der Waals surface area contributed by atoms with E-state index < -0.39 is 0 Å². The Labute approximate surface area is 89.7 Å². The molecule has 1 N–H and O–H groups in total. The number of nitrogens with one attached hydrogen (secondary N) is 1. The minimum atomic E-state index is -0.149. The molecule has 0 aromatic carbocycles. The fourth-order valence-corrected chi connectivity index (χ4v) is 1.54. The van der Waals surface area contributed by atoms with Crippen molar-refractivity contribution in [2.45, 2.75) is 33.3 Å². The second-order valence-corrected chi connectivity index (χ2v) is 3.88. The van der Waals surface area contributed by atoms with Gasteiger partial charge in [0.05, 0.1) is 0 Å². The van der Waals surface area contributed by atoms with Gasteiger partial charge in [0.25, 0.3) is 5.56 Å². The van der Waals surface area contributed by atoms with E-state index in [1.54, 1.807) is 7.11 Å². The van der Waals surface area contributed by atoms with Gasteiger partial charge in [-0.2, -0.15) is 0 Å². The molecule has 4 nitrogen and oxygen atoms in total. The standard InChI is InChI=1S/C11H18N2O2/c1-5-8-6-9(14)13-11(12-8)10(15-4)7(2)3/h6-7,10H,5H2,1-4H3,(H,12,13,14). The molecular formula is C11H18N2O2. The number of aryl methyl sites for hydroxylation is 1. The van der Waals surface area contributed by atoms with Crippen molar-refractivity contribution in [2.75, 3.05) is 7.11 Å². The molecule has 1 heterocycles. The van der Waals surface area contributed by atoms with Crippen molar-refractivity contribution in [1.82, 2.24) is 9.97 Å². The van der Waals surface area contributed by atoms with E-state index in [1.807, 2.05) is 20.8 Å². The van der Waals surface area contributed by atoms with Crippen LogP contribution in [0.2, 0.25) is 0 Å². The first kappa shape index (κ1) is 11.9. The summed E-state index contributed by atoms with van der Waals surface area (Å²) in [7, 11) is 1.63. The van der Waals surface area contributed by atoms with Crippen molar-refractivity contribution in [2.24, 2.45) is 5.92 Å². The van der Waals surface area contributed by atoms with E-state index in [4.69, 9.17) is 4.74 Å². The lowest BCUT2D eigenvalue weighted by Gasteiger charge is -2.18. The Morgan fingerprint density at radius 3 is 2.67 bits per heavy atom. The second kappa shape index (κ2) is 5.07. The summed E-state index contributed by atoms with van der Waals surface area (Å²) in [5.74, 6) is 0.905. The summed E-state index contributed by atoms with van der Waals surface area (Å²) in [6, 6.07) is 1.52. The molecule has 0 spiro atoms. The molecule has 1 unspecified atom stereocenters. The number of ether oxygens (including phenoxy) is 1. The van der Waals surface area contributed by atoms with Gasteiger partial charge in [0.1, 0.15) is 11.9 Å². The number of aromatic amines is 1. The Balaban J connectivity index is 3.12. The first-order valence-electron chi connectivity index (χ1n) is 5.21. The van der Waals surface area contributed by atoms with E-state index in [-0.39, 0.29) is 17.6 Å². The Bertz CT molecular complexity index is 371. The van der Waals surface area contributed by atoms with Gasteiger partial charge >= 0.3 is 0 Å². The van der Waals surface area contributed by atoms with Crippen LogP contribution >= 0.6 is 0 Å². The molecule has 1 atom stereocenters. The Morgan fingerprint density at radius 2 is 2.20 bits per heavy atom. The van der Waals surface area contributed by atoms with E-state index in [0.29, 0.717) is 5.82 Å². The highest BCUT2D eigenvalue weighted by molar-refractivity contribution is 5.04. The topological polar surface area (TPSA) is 55.0 Å². The fraction of sp³-hybridized carbons (Fsp3) is 0.636. The molecular weight excluding hydrogens is 192 g/mol. The third kappa shape index (κ3) is 2.89. The van der Waals surface area contributed by atoms with Gasteiger partial charge in [-0.05, 0) is 12.3 Å². The third-order valence-corrected chi connectivity index (χ3v) is 2.30. The minimum Gasteiger partial charge on any atom is -0.373 e. The van der Waals surface area contributed by atoms with Crippen LogP contribution in [0.5, 0.6) is 0 Å². The second-order valence-electron chi connectivity index (χ2n) is 3.88. The number of hydrogen-bond acceptors (Lipinski definition) is 3. The maximum absolute atomic E-state index is 11.4. The Morgan fingerprint density at radius 1 is 1.53 bits per heavy atom. The van der Waals surface area contributed by atoms with Crippen LogP contribution in [0.1, 0.15) is 38.4 Å². The lowest BCUT2D eigenvalue weighted by Crippen LogP contribution is -2.19. The van der Waals surface area contributed by atoms with Crippen LogP contribution in [0, 0.1) is 5.92 Å². The lowest BCUT2D eigenvalue weighted by atomic mass is 10.1. The number of H-pyrrole nitrogens is 1. The number of hydrogen-bond donors (Lipinski definition) is 1. The molecule has 0 aliphatic rings. The van der Waals surface area contributed by atoms with Crippen LogP contribution < -0.4 is 5.56 Å². The highest BCUT2D eigenvalue weighted by Gasteiger charge is 2.17. The molecule has 15 heavy (non-hydrogen) atoms. The van der Waals surface area contributed by atoms with E-state index in [9.17, 15) is 4.79 Å². The quantitative estimate of drug-likeness (QED) is 0.822. The molecule has 4 heteroatoms. The normalized spacial score (nSPS) is 13.1. The van der Waals surface area contributed by atoms with Gasteiger partial charge in [-0.1, -0.05) is 20.8 Å². The van der Waals surface area contributed by atoms with Crippen molar-refractivity contribution in [3.8, 4) is 0 Å². The number of aromatic nitrogens is 2. The fourth-order valence-electron chi connectivity index (χ4n) is 1.54. The molecule has 0 aliphatic carbocycles. The molecule has 0 saturated heterocycles. The van der Waals surface area contributed by atoms with Crippen molar-refractivity contribution in [3.05, 3.63) is 27.9 Å².